The molecule has 0 saturated carbocycles. The molecule has 1 unspecified atom stereocenters. The molecule has 2 aromatic rings. The van der Waals surface area contributed by atoms with Crippen LogP contribution in [-0.2, 0) is 27.9 Å². The van der Waals surface area contributed by atoms with E-state index in [1.54, 1.807) is 15.8 Å². The second-order valence-electron chi connectivity index (χ2n) is 11.1. The van der Waals surface area contributed by atoms with E-state index in [1.807, 2.05) is 53.2 Å². The molecule has 1 aromatic carbocycles. The van der Waals surface area contributed by atoms with Gasteiger partial charge in [0, 0.05) is 66.6 Å². The van der Waals surface area contributed by atoms with Crippen LogP contribution in [0.1, 0.15) is 33.6 Å². The SMILES string of the molecule is CN1C(=C=O)C(Sc2ccc3nn(C)cc3c2Cl)=CN=C1N1CCC2(CC1)COC[C@H]2N[S+]([O-])C(C)(C)C. The number of hydrogen-bond acceptors (Lipinski definition) is 9. The average Bonchev–Trinajstić information content (AvgIpc) is 3.44. The number of fused-ring (bicyclic) bond motifs is 1. The molecule has 1 spiro atoms. The zero-order chi connectivity index (χ0) is 27.2. The second-order valence-corrected chi connectivity index (χ2v) is 14.5. The van der Waals surface area contributed by atoms with E-state index in [4.69, 9.17) is 21.3 Å². The fourth-order valence-corrected chi connectivity index (χ4v) is 7.35. The second kappa shape index (κ2) is 10.5. The number of hydrogen-bond donors (Lipinski definition) is 1. The van der Waals surface area contributed by atoms with Crippen molar-refractivity contribution in [2.75, 3.05) is 33.4 Å². The Morgan fingerprint density at radius 2 is 2.03 bits per heavy atom. The summed E-state index contributed by atoms with van der Waals surface area (Å²) in [6, 6.07) is 3.88. The van der Waals surface area contributed by atoms with Gasteiger partial charge in [0.05, 0.1) is 34.7 Å². The summed E-state index contributed by atoms with van der Waals surface area (Å²) in [7, 11) is 3.70. The molecule has 3 aliphatic heterocycles. The van der Waals surface area contributed by atoms with Crippen molar-refractivity contribution < 1.29 is 14.1 Å². The smallest absolute Gasteiger partial charge is 0.206 e. The molecule has 0 amide bonds. The fraction of sp³-hybridized carbons (Fsp3) is 0.538. The molecule has 5 rings (SSSR count). The minimum absolute atomic E-state index is 0.0472. The predicted molar refractivity (Wildman–Crippen MR) is 153 cm³/mol. The number of aromatic nitrogens is 2. The van der Waals surface area contributed by atoms with Gasteiger partial charge >= 0.3 is 0 Å². The maximum absolute atomic E-state index is 12.8. The van der Waals surface area contributed by atoms with Crippen molar-refractivity contribution in [1.82, 2.24) is 24.3 Å². The van der Waals surface area contributed by atoms with Gasteiger partial charge in [-0.2, -0.15) is 5.10 Å². The van der Waals surface area contributed by atoms with Crippen molar-refractivity contribution in [3.05, 3.63) is 40.2 Å². The zero-order valence-electron chi connectivity index (χ0n) is 22.3. The van der Waals surface area contributed by atoms with Crippen LogP contribution < -0.4 is 4.72 Å². The lowest BCUT2D eigenvalue weighted by Crippen LogP contribution is -2.56. The molecule has 1 N–H and O–H groups in total. The van der Waals surface area contributed by atoms with E-state index in [-0.39, 0.29) is 16.2 Å². The van der Waals surface area contributed by atoms with Crippen LogP contribution in [0.15, 0.2) is 45.0 Å². The lowest BCUT2D eigenvalue weighted by atomic mass is 9.75. The molecule has 2 saturated heterocycles. The van der Waals surface area contributed by atoms with Gasteiger partial charge in [-0.15, -0.1) is 4.72 Å². The zero-order valence-corrected chi connectivity index (χ0v) is 24.7. The Morgan fingerprint density at radius 3 is 2.71 bits per heavy atom. The summed E-state index contributed by atoms with van der Waals surface area (Å²) in [6.45, 7) is 8.67. The first-order chi connectivity index (χ1) is 18.0. The summed E-state index contributed by atoms with van der Waals surface area (Å²) < 4.78 is 23.4. The van der Waals surface area contributed by atoms with Crippen molar-refractivity contribution in [2.45, 2.75) is 49.3 Å². The molecule has 12 heteroatoms. The molecule has 0 radical (unpaired) electrons. The van der Waals surface area contributed by atoms with Crippen molar-refractivity contribution >= 4 is 57.5 Å². The maximum Gasteiger partial charge on any atom is 0.206 e. The Balaban J connectivity index is 1.31. The first kappa shape index (κ1) is 27.6. The number of aryl methyl sites for hydroxylation is 1. The highest BCUT2D eigenvalue weighted by Crippen LogP contribution is 2.43. The number of likely N-dealkylation sites (tertiary alicyclic amines) is 1. The average molecular weight is 577 g/mol. The molecule has 4 heterocycles. The van der Waals surface area contributed by atoms with Crippen LogP contribution in [0, 0.1) is 5.41 Å². The maximum atomic E-state index is 12.8. The van der Waals surface area contributed by atoms with Crippen molar-refractivity contribution in [2.24, 2.45) is 17.5 Å². The lowest BCUT2D eigenvalue weighted by molar-refractivity contribution is 0.0963. The van der Waals surface area contributed by atoms with Gasteiger partial charge in [-0.1, -0.05) is 23.4 Å². The number of carbonyl (C=O) groups excluding carboxylic acids is 1. The number of nitrogens with one attached hydrogen (secondary N) is 1. The first-order valence-corrected chi connectivity index (χ1v) is 14.9. The Morgan fingerprint density at radius 1 is 1.29 bits per heavy atom. The van der Waals surface area contributed by atoms with Gasteiger partial charge < -0.3 is 19.1 Å². The first-order valence-electron chi connectivity index (χ1n) is 12.6. The van der Waals surface area contributed by atoms with Crippen LogP contribution in [0.25, 0.3) is 10.9 Å². The van der Waals surface area contributed by atoms with Crippen LogP contribution in [-0.4, -0.2) is 80.2 Å². The molecule has 2 fully saturated rings. The third-order valence-corrected chi connectivity index (χ3v) is 10.7. The predicted octanol–water partition coefficient (Wildman–Crippen LogP) is 3.71. The highest BCUT2D eigenvalue weighted by molar-refractivity contribution is 8.03. The van der Waals surface area contributed by atoms with E-state index in [1.165, 1.54) is 11.8 Å². The third-order valence-electron chi connectivity index (χ3n) is 7.45. The Kier molecular flexibility index (Phi) is 7.65. The van der Waals surface area contributed by atoms with E-state index < -0.39 is 11.4 Å². The van der Waals surface area contributed by atoms with Gasteiger partial charge in [0.2, 0.25) is 5.96 Å². The number of likely N-dealkylation sites (N-methyl/N-ethyl adjacent to an activating group) is 1. The molecule has 1 aromatic heterocycles. The lowest BCUT2D eigenvalue weighted by Gasteiger charge is -2.44. The van der Waals surface area contributed by atoms with Crippen molar-refractivity contribution in [3.63, 3.8) is 0 Å². The fourth-order valence-electron chi connectivity index (χ4n) is 5.14. The number of halogens is 1. The number of aliphatic imine (C=N–C) groups is 1. The van der Waals surface area contributed by atoms with Gasteiger partial charge in [-0.05, 0) is 45.7 Å². The highest BCUT2D eigenvalue weighted by Gasteiger charge is 2.49. The Bertz CT molecular complexity index is 1340. The van der Waals surface area contributed by atoms with Crippen LogP contribution >= 0.6 is 23.4 Å². The van der Waals surface area contributed by atoms with Gasteiger partial charge in [-0.3, -0.25) is 4.68 Å². The van der Waals surface area contributed by atoms with Gasteiger partial charge in [0.1, 0.15) is 10.4 Å². The van der Waals surface area contributed by atoms with Crippen LogP contribution in [0.4, 0.5) is 0 Å². The van der Waals surface area contributed by atoms with E-state index >= 15 is 0 Å². The molecule has 3 aliphatic rings. The van der Waals surface area contributed by atoms with Gasteiger partial charge in [0.25, 0.3) is 0 Å². The summed E-state index contributed by atoms with van der Waals surface area (Å²) in [5.74, 6) is 2.84. The molecular formula is C26H33ClN6O3S2. The standard InChI is InChI=1S/C26H33ClN6O3S2/c1-25(2,3)38(35)30-22-15-36-16-26(22)8-10-33(11-9-26)24-28-12-21(19(14-34)32(24)5)37-20-7-6-18-17(23(20)27)13-31(4)29-18/h6-7,12-13,22,30H,8-11,15-16H2,1-5H3/t22-,38?/m1/s1. The summed E-state index contributed by atoms with van der Waals surface area (Å²) >= 11 is 6.92. The van der Waals surface area contributed by atoms with E-state index in [0.29, 0.717) is 28.8 Å². The van der Waals surface area contributed by atoms with Crippen molar-refractivity contribution in [1.29, 1.82) is 0 Å². The summed E-state index contributed by atoms with van der Waals surface area (Å²) in [5, 5.41) is 5.86. The van der Waals surface area contributed by atoms with Gasteiger partial charge in [0.15, 0.2) is 5.94 Å². The molecule has 204 valence electrons. The number of thioether (sulfide) groups is 1. The summed E-state index contributed by atoms with van der Waals surface area (Å²) in [5.41, 5.74) is 1.18. The van der Waals surface area contributed by atoms with E-state index in [0.717, 1.165) is 47.7 Å². The number of ether oxygens (including phenoxy) is 1. The van der Waals surface area contributed by atoms with Crippen LogP contribution in [0.2, 0.25) is 5.02 Å². The number of guanidine groups is 1. The number of piperidine rings is 1. The minimum atomic E-state index is -1.16. The molecular weight excluding hydrogens is 544 g/mol. The Labute approximate surface area is 235 Å². The van der Waals surface area contributed by atoms with Crippen LogP contribution in [0.3, 0.4) is 0 Å². The normalized spacial score (nSPS) is 22.6. The molecule has 9 nitrogen and oxygen atoms in total. The third kappa shape index (κ3) is 5.13. The number of benzene rings is 1. The van der Waals surface area contributed by atoms with Crippen molar-refractivity contribution in [3.8, 4) is 0 Å². The summed E-state index contributed by atoms with van der Waals surface area (Å²) in [6.07, 6.45) is 5.37. The van der Waals surface area contributed by atoms with E-state index in [2.05, 4.69) is 20.7 Å². The quantitative estimate of drug-likeness (QED) is 0.434. The van der Waals surface area contributed by atoms with E-state index in [9.17, 15) is 9.35 Å². The topological polar surface area (TPSA) is 98.1 Å². The van der Waals surface area contributed by atoms with Crippen LogP contribution in [0.5, 0.6) is 0 Å². The highest BCUT2D eigenvalue weighted by atomic mass is 35.5. The summed E-state index contributed by atoms with van der Waals surface area (Å²) in [4.78, 5) is 22.4. The monoisotopic (exact) mass is 576 g/mol. The molecule has 0 aliphatic carbocycles. The Hall–Kier alpha value is -1.98. The largest absolute Gasteiger partial charge is 0.598 e. The number of rotatable bonds is 4. The van der Waals surface area contributed by atoms with Gasteiger partial charge in [-0.25, -0.2) is 9.79 Å². The number of nitrogens with zero attached hydrogens (tertiary/aromatic N) is 5. The molecule has 2 atom stereocenters. The molecule has 38 heavy (non-hydrogen) atoms. The minimum Gasteiger partial charge on any atom is -0.598 e. The molecule has 0 bridgehead atoms.